The summed E-state index contributed by atoms with van der Waals surface area (Å²) in [5, 5.41) is 0.890. The van der Waals surface area contributed by atoms with Crippen molar-refractivity contribution in [3.63, 3.8) is 0 Å². The number of hydrogen-bond acceptors (Lipinski definition) is 5. The Bertz CT molecular complexity index is 579. The van der Waals surface area contributed by atoms with Crippen LogP contribution in [0.1, 0.15) is 12.8 Å². The number of hydrogen-bond donors (Lipinski definition) is 1. The second-order valence-electron chi connectivity index (χ2n) is 5.08. The fraction of sp³-hybridized carbons (Fsp3) is 0.429. The summed E-state index contributed by atoms with van der Waals surface area (Å²) < 4.78 is 6.04. The highest BCUT2D eigenvalue weighted by molar-refractivity contribution is 5.86. The van der Waals surface area contributed by atoms with Gasteiger partial charge in [-0.25, -0.2) is 9.97 Å². The van der Waals surface area contributed by atoms with Crippen molar-refractivity contribution in [3.8, 4) is 5.88 Å². The van der Waals surface area contributed by atoms with Crippen molar-refractivity contribution >= 4 is 16.6 Å². The van der Waals surface area contributed by atoms with Crippen molar-refractivity contribution in [2.75, 3.05) is 25.9 Å². The Kier molecular flexibility index (Phi) is 3.21. The molecule has 0 saturated carbocycles. The molecule has 0 bridgehead atoms. The standard InChI is InChI=1S/C14H18N4O/c1-18-6-4-11(5-7-18)19-14-12-8-10(15)2-3-13(12)16-9-17-14/h2-3,8-9,11H,4-7,15H2,1H3. The predicted octanol–water partition coefficient (Wildman–Crippen LogP) is 1.69. The molecule has 1 saturated heterocycles. The maximum atomic E-state index is 6.04. The number of fused-ring (bicyclic) bond motifs is 1. The number of ether oxygens (including phenoxy) is 1. The van der Waals surface area contributed by atoms with E-state index >= 15 is 0 Å². The summed E-state index contributed by atoms with van der Waals surface area (Å²) in [4.78, 5) is 10.8. The van der Waals surface area contributed by atoms with Crippen LogP contribution in [0.2, 0.25) is 0 Å². The van der Waals surface area contributed by atoms with Gasteiger partial charge in [0.1, 0.15) is 12.4 Å². The molecule has 1 aromatic heterocycles. The second-order valence-corrected chi connectivity index (χ2v) is 5.08. The highest BCUT2D eigenvalue weighted by atomic mass is 16.5. The van der Waals surface area contributed by atoms with Crippen LogP contribution in [0.4, 0.5) is 5.69 Å². The summed E-state index contributed by atoms with van der Waals surface area (Å²) in [7, 11) is 2.14. The molecule has 0 unspecified atom stereocenters. The van der Waals surface area contributed by atoms with Gasteiger partial charge in [0, 0.05) is 18.8 Å². The average molecular weight is 258 g/mol. The first-order valence-electron chi connectivity index (χ1n) is 6.58. The molecule has 2 N–H and O–H groups in total. The van der Waals surface area contributed by atoms with Crippen LogP contribution in [-0.2, 0) is 0 Å². The SMILES string of the molecule is CN1CCC(Oc2ncnc3ccc(N)cc23)CC1. The number of nitrogen functional groups attached to an aromatic ring is 1. The molecule has 1 fully saturated rings. The molecule has 1 aliphatic rings. The number of nitrogens with two attached hydrogens (primary N) is 1. The van der Waals surface area contributed by atoms with Gasteiger partial charge in [-0.05, 0) is 38.1 Å². The molecular weight excluding hydrogens is 240 g/mol. The summed E-state index contributed by atoms with van der Waals surface area (Å²) in [6.45, 7) is 2.13. The van der Waals surface area contributed by atoms with Crippen LogP contribution in [0, 0.1) is 0 Å². The monoisotopic (exact) mass is 258 g/mol. The van der Waals surface area contributed by atoms with Gasteiger partial charge in [0.15, 0.2) is 0 Å². The van der Waals surface area contributed by atoms with Crippen molar-refractivity contribution in [2.24, 2.45) is 0 Å². The average Bonchev–Trinajstić information content (AvgIpc) is 2.42. The number of benzene rings is 1. The number of aromatic nitrogens is 2. The topological polar surface area (TPSA) is 64.3 Å². The third-order valence-electron chi connectivity index (χ3n) is 3.57. The molecule has 1 aliphatic heterocycles. The summed E-state index contributed by atoms with van der Waals surface area (Å²) >= 11 is 0. The van der Waals surface area contributed by atoms with E-state index < -0.39 is 0 Å². The van der Waals surface area contributed by atoms with Crippen LogP contribution in [0.5, 0.6) is 5.88 Å². The summed E-state index contributed by atoms with van der Waals surface area (Å²) in [6, 6.07) is 5.61. The molecule has 5 heteroatoms. The fourth-order valence-corrected chi connectivity index (χ4v) is 2.41. The van der Waals surface area contributed by atoms with Crippen molar-refractivity contribution in [2.45, 2.75) is 18.9 Å². The Morgan fingerprint density at radius 3 is 2.84 bits per heavy atom. The minimum atomic E-state index is 0.232. The van der Waals surface area contributed by atoms with E-state index in [2.05, 4.69) is 21.9 Å². The van der Waals surface area contributed by atoms with E-state index in [1.54, 1.807) is 6.33 Å². The summed E-state index contributed by atoms with van der Waals surface area (Å²) in [6.07, 6.45) is 3.84. The molecule has 2 heterocycles. The minimum Gasteiger partial charge on any atom is -0.474 e. The lowest BCUT2D eigenvalue weighted by Crippen LogP contribution is -2.35. The predicted molar refractivity (Wildman–Crippen MR) is 75.1 cm³/mol. The van der Waals surface area contributed by atoms with E-state index in [9.17, 15) is 0 Å². The summed E-state index contributed by atoms with van der Waals surface area (Å²) in [5.41, 5.74) is 7.40. The third kappa shape index (κ3) is 2.61. The van der Waals surface area contributed by atoms with Crippen LogP contribution in [-0.4, -0.2) is 41.1 Å². The number of nitrogens with zero attached hydrogens (tertiary/aromatic N) is 3. The van der Waals surface area contributed by atoms with Crippen LogP contribution >= 0.6 is 0 Å². The van der Waals surface area contributed by atoms with Crippen molar-refractivity contribution in [1.29, 1.82) is 0 Å². The lowest BCUT2D eigenvalue weighted by atomic mass is 10.1. The smallest absolute Gasteiger partial charge is 0.224 e. The molecule has 1 aromatic carbocycles. The quantitative estimate of drug-likeness (QED) is 0.830. The Labute approximate surface area is 112 Å². The molecule has 0 aliphatic carbocycles. The van der Waals surface area contributed by atoms with Crippen molar-refractivity contribution < 1.29 is 4.74 Å². The van der Waals surface area contributed by atoms with Crippen LogP contribution in [0.3, 0.4) is 0 Å². The van der Waals surface area contributed by atoms with Gasteiger partial charge < -0.3 is 15.4 Å². The van der Waals surface area contributed by atoms with Gasteiger partial charge in [-0.1, -0.05) is 0 Å². The van der Waals surface area contributed by atoms with Gasteiger partial charge in [0.05, 0.1) is 10.9 Å². The molecule has 0 spiro atoms. The lowest BCUT2D eigenvalue weighted by molar-refractivity contribution is 0.111. The maximum Gasteiger partial charge on any atom is 0.224 e. The number of likely N-dealkylation sites (tertiary alicyclic amines) is 1. The first-order chi connectivity index (χ1) is 9.22. The third-order valence-corrected chi connectivity index (χ3v) is 3.57. The van der Waals surface area contributed by atoms with E-state index in [-0.39, 0.29) is 6.10 Å². The Hall–Kier alpha value is -1.88. The normalized spacial score (nSPS) is 17.7. The van der Waals surface area contributed by atoms with E-state index in [1.165, 1.54) is 0 Å². The van der Waals surface area contributed by atoms with Crippen LogP contribution < -0.4 is 10.5 Å². The van der Waals surface area contributed by atoms with Crippen LogP contribution in [0.25, 0.3) is 10.9 Å². The largest absolute Gasteiger partial charge is 0.474 e. The number of anilines is 1. The molecule has 0 atom stereocenters. The van der Waals surface area contributed by atoms with Gasteiger partial charge in [-0.2, -0.15) is 0 Å². The number of piperidine rings is 1. The Balaban J connectivity index is 1.86. The van der Waals surface area contributed by atoms with Gasteiger partial charge in [-0.3, -0.25) is 0 Å². The highest BCUT2D eigenvalue weighted by Crippen LogP contribution is 2.26. The molecule has 5 nitrogen and oxygen atoms in total. The zero-order valence-electron chi connectivity index (χ0n) is 11.0. The first-order valence-corrected chi connectivity index (χ1v) is 6.58. The Morgan fingerprint density at radius 2 is 2.05 bits per heavy atom. The molecule has 3 rings (SSSR count). The summed E-state index contributed by atoms with van der Waals surface area (Å²) in [5.74, 6) is 0.645. The molecule has 2 aromatic rings. The van der Waals surface area contributed by atoms with Gasteiger partial charge in [0.2, 0.25) is 5.88 Å². The molecule has 0 amide bonds. The highest BCUT2D eigenvalue weighted by Gasteiger charge is 2.19. The van der Waals surface area contributed by atoms with Crippen molar-refractivity contribution in [3.05, 3.63) is 24.5 Å². The molecule has 19 heavy (non-hydrogen) atoms. The number of rotatable bonds is 2. The lowest BCUT2D eigenvalue weighted by Gasteiger charge is -2.29. The molecule has 0 radical (unpaired) electrons. The zero-order chi connectivity index (χ0) is 13.2. The van der Waals surface area contributed by atoms with Crippen LogP contribution in [0.15, 0.2) is 24.5 Å². The zero-order valence-corrected chi connectivity index (χ0v) is 11.0. The minimum absolute atomic E-state index is 0.232. The molecule has 100 valence electrons. The van der Waals surface area contributed by atoms with Gasteiger partial charge in [-0.15, -0.1) is 0 Å². The molecular formula is C14H18N4O. The van der Waals surface area contributed by atoms with E-state index in [0.717, 1.165) is 36.8 Å². The fourth-order valence-electron chi connectivity index (χ4n) is 2.41. The van der Waals surface area contributed by atoms with Crippen molar-refractivity contribution in [1.82, 2.24) is 14.9 Å². The Morgan fingerprint density at radius 1 is 1.26 bits per heavy atom. The maximum absolute atomic E-state index is 6.04. The van der Waals surface area contributed by atoms with E-state index in [0.29, 0.717) is 11.6 Å². The van der Waals surface area contributed by atoms with Gasteiger partial charge >= 0.3 is 0 Å². The van der Waals surface area contributed by atoms with E-state index in [4.69, 9.17) is 10.5 Å². The first kappa shape index (κ1) is 12.2. The second kappa shape index (κ2) is 5.01. The van der Waals surface area contributed by atoms with E-state index in [1.807, 2.05) is 18.2 Å². The van der Waals surface area contributed by atoms with Gasteiger partial charge in [0.25, 0.3) is 0 Å².